The van der Waals surface area contributed by atoms with Crippen LogP contribution >= 0.6 is 0 Å². The van der Waals surface area contributed by atoms with Crippen LogP contribution in [0.4, 0.5) is 4.79 Å². The Bertz CT molecular complexity index is 272. The van der Waals surface area contributed by atoms with Crippen molar-refractivity contribution in [3.05, 3.63) is 0 Å². The third-order valence-electron chi connectivity index (χ3n) is 3.53. The Kier molecular flexibility index (Phi) is 3.61. The maximum atomic E-state index is 12.2. The molecule has 0 aromatic heterocycles. The van der Waals surface area contributed by atoms with Gasteiger partial charge in [-0.15, -0.1) is 0 Å². The molecule has 1 amide bonds. The zero-order valence-corrected chi connectivity index (χ0v) is 11.2. The Morgan fingerprint density at radius 2 is 1.65 bits per heavy atom. The summed E-state index contributed by atoms with van der Waals surface area (Å²) < 4.78 is 5.52. The topological polar surface area (TPSA) is 41.6 Å². The number of hydrogen-bond acceptors (Lipinski definition) is 3. The highest BCUT2D eigenvalue weighted by atomic mass is 16.6. The molecule has 0 aromatic carbocycles. The van der Waals surface area contributed by atoms with E-state index in [9.17, 15) is 4.79 Å². The molecular formula is C13H24N2O2. The molecule has 2 saturated heterocycles. The molecule has 2 heterocycles. The first-order valence-corrected chi connectivity index (χ1v) is 6.69. The molecule has 0 aromatic rings. The first-order chi connectivity index (χ1) is 7.97. The predicted octanol–water partition coefficient (Wildman–Crippen LogP) is 2.14. The molecule has 2 rings (SSSR count). The minimum atomic E-state index is -0.392. The van der Waals surface area contributed by atoms with Crippen LogP contribution in [0.3, 0.4) is 0 Å². The van der Waals surface area contributed by atoms with Gasteiger partial charge in [0, 0.05) is 12.1 Å². The van der Waals surface area contributed by atoms with E-state index in [1.807, 2.05) is 25.7 Å². The van der Waals surface area contributed by atoms with Gasteiger partial charge in [-0.3, -0.25) is 0 Å². The van der Waals surface area contributed by atoms with Crippen molar-refractivity contribution in [2.45, 2.75) is 64.1 Å². The number of rotatable bonds is 0. The molecule has 2 bridgehead atoms. The van der Waals surface area contributed by atoms with Gasteiger partial charge >= 0.3 is 6.09 Å². The number of nitrogens with one attached hydrogen (secondary N) is 1. The van der Waals surface area contributed by atoms with Gasteiger partial charge in [0.05, 0.1) is 0 Å². The van der Waals surface area contributed by atoms with E-state index in [1.165, 1.54) is 0 Å². The molecule has 0 saturated carbocycles. The number of nitrogens with zero attached hydrogens (tertiary/aromatic N) is 1. The lowest BCUT2D eigenvalue weighted by atomic mass is 10.1. The van der Waals surface area contributed by atoms with Gasteiger partial charge in [-0.1, -0.05) is 0 Å². The van der Waals surface area contributed by atoms with Gasteiger partial charge in [0.15, 0.2) is 0 Å². The number of ether oxygens (including phenoxy) is 1. The Hall–Kier alpha value is -0.770. The van der Waals surface area contributed by atoms with Gasteiger partial charge in [-0.2, -0.15) is 0 Å². The largest absolute Gasteiger partial charge is 0.444 e. The molecule has 0 radical (unpaired) electrons. The molecule has 2 atom stereocenters. The van der Waals surface area contributed by atoms with Crippen molar-refractivity contribution >= 4 is 6.09 Å². The highest BCUT2D eigenvalue weighted by Gasteiger charge is 2.39. The number of carbonyl (C=O) groups excluding carboxylic acids is 1. The van der Waals surface area contributed by atoms with Crippen molar-refractivity contribution < 1.29 is 9.53 Å². The summed E-state index contributed by atoms with van der Waals surface area (Å²) in [4.78, 5) is 14.2. The first-order valence-electron chi connectivity index (χ1n) is 6.69. The molecule has 2 fully saturated rings. The Balaban J connectivity index is 2.05. The second-order valence-electron chi connectivity index (χ2n) is 6.10. The molecule has 1 N–H and O–H groups in total. The van der Waals surface area contributed by atoms with Crippen LogP contribution in [0.25, 0.3) is 0 Å². The standard InChI is InChI=1S/C13H24N2O2/c1-13(2,3)17-12(16)15-10-4-5-11(15)7-9-14-8-6-10/h10-11,14H,4-9H2,1-3H3. The van der Waals surface area contributed by atoms with Crippen LogP contribution in [0.2, 0.25) is 0 Å². The molecule has 17 heavy (non-hydrogen) atoms. The number of fused-ring (bicyclic) bond motifs is 2. The van der Waals surface area contributed by atoms with Crippen molar-refractivity contribution in [2.75, 3.05) is 13.1 Å². The molecule has 2 aliphatic rings. The molecule has 0 aliphatic carbocycles. The van der Waals surface area contributed by atoms with Gasteiger partial charge in [-0.25, -0.2) is 4.79 Å². The van der Waals surface area contributed by atoms with Crippen LogP contribution in [0.5, 0.6) is 0 Å². The lowest BCUT2D eigenvalue weighted by Gasteiger charge is -2.34. The second kappa shape index (κ2) is 4.84. The third-order valence-corrected chi connectivity index (χ3v) is 3.53. The SMILES string of the molecule is CC(C)(C)OC(=O)N1C2CCNCCC1CC2. The summed E-state index contributed by atoms with van der Waals surface area (Å²) in [7, 11) is 0. The normalized spacial score (nSPS) is 29.7. The molecule has 98 valence electrons. The first kappa shape index (κ1) is 12.7. The van der Waals surface area contributed by atoms with E-state index in [0.717, 1.165) is 38.8 Å². The monoisotopic (exact) mass is 240 g/mol. The van der Waals surface area contributed by atoms with Crippen LogP contribution in [-0.4, -0.2) is 41.8 Å². The van der Waals surface area contributed by atoms with Crippen molar-refractivity contribution in [3.63, 3.8) is 0 Å². The minimum Gasteiger partial charge on any atom is -0.444 e. The summed E-state index contributed by atoms with van der Waals surface area (Å²) in [5, 5.41) is 3.42. The lowest BCUT2D eigenvalue weighted by molar-refractivity contribution is 0.0122. The van der Waals surface area contributed by atoms with Crippen molar-refractivity contribution in [1.82, 2.24) is 10.2 Å². The Morgan fingerprint density at radius 1 is 1.12 bits per heavy atom. The minimum absolute atomic E-state index is 0.119. The van der Waals surface area contributed by atoms with E-state index in [2.05, 4.69) is 5.32 Å². The average Bonchev–Trinajstić information content (AvgIpc) is 2.57. The quantitative estimate of drug-likeness (QED) is 0.705. The van der Waals surface area contributed by atoms with Gasteiger partial charge in [-0.05, 0) is 59.5 Å². The highest BCUT2D eigenvalue weighted by Crippen LogP contribution is 2.30. The zero-order valence-electron chi connectivity index (χ0n) is 11.2. The van der Waals surface area contributed by atoms with Crippen LogP contribution in [-0.2, 0) is 4.74 Å². The number of hydrogen-bond donors (Lipinski definition) is 1. The highest BCUT2D eigenvalue weighted by molar-refractivity contribution is 5.69. The van der Waals surface area contributed by atoms with Gasteiger partial charge in [0.1, 0.15) is 5.60 Å². The summed E-state index contributed by atoms with van der Waals surface area (Å²) >= 11 is 0. The molecule has 2 aliphatic heterocycles. The van der Waals surface area contributed by atoms with Gasteiger partial charge in [0.25, 0.3) is 0 Å². The van der Waals surface area contributed by atoms with E-state index in [1.54, 1.807) is 0 Å². The lowest BCUT2D eigenvalue weighted by Crippen LogP contribution is -2.47. The van der Waals surface area contributed by atoms with Crippen molar-refractivity contribution in [2.24, 2.45) is 0 Å². The maximum Gasteiger partial charge on any atom is 0.410 e. The van der Waals surface area contributed by atoms with Crippen molar-refractivity contribution in [1.29, 1.82) is 0 Å². The Labute approximate surface area is 104 Å². The predicted molar refractivity (Wildman–Crippen MR) is 67.0 cm³/mol. The van der Waals surface area contributed by atoms with E-state index < -0.39 is 5.60 Å². The van der Waals surface area contributed by atoms with E-state index in [-0.39, 0.29) is 6.09 Å². The Morgan fingerprint density at radius 3 is 2.12 bits per heavy atom. The van der Waals surface area contributed by atoms with Crippen LogP contribution in [0.1, 0.15) is 46.5 Å². The summed E-state index contributed by atoms with van der Waals surface area (Å²) in [5.41, 5.74) is -0.392. The summed E-state index contributed by atoms with van der Waals surface area (Å²) in [6.45, 7) is 7.81. The summed E-state index contributed by atoms with van der Waals surface area (Å²) in [6.07, 6.45) is 4.25. The zero-order chi connectivity index (χ0) is 12.5. The number of carbonyl (C=O) groups is 1. The summed E-state index contributed by atoms with van der Waals surface area (Å²) in [6, 6.07) is 0.755. The van der Waals surface area contributed by atoms with Crippen molar-refractivity contribution in [3.8, 4) is 0 Å². The molecular weight excluding hydrogens is 216 g/mol. The fraction of sp³-hybridized carbons (Fsp3) is 0.923. The van der Waals surface area contributed by atoms with Gasteiger partial charge < -0.3 is 15.0 Å². The second-order valence-corrected chi connectivity index (χ2v) is 6.10. The van der Waals surface area contributed by atoms with E-state index in [0.29, 0.717) is 12.1 Å². The van der Waals surface area contributed by atoms with Crippen LogP contribution in [0, 0.1) is 0 Å². The number of amides is 1. The average molecular weight is 240 g/mol. The smallest absolute Gasteiger partial charge is 0.410 e. The molecule has 4 nitrogen and oxygen atoms in total. The van der Waals surface area contributed by atoms with E-state index >= 15 is 0 Å². The fourth-order valence-corrected chi connectivity index (χ4v) is 2.80. The maximum absolute atomic E-state index is 12.2. The van der Waals surface area contributed by atoms with Crippen LogP contribution < -0.4 is 5.32 Å². The fourth-order valence-electron chi connectivity index (χ4n) is 2.80. The van der Waals surface area contributed by atoms with E-state index in [4.69, 9.17) is 4.74 Å². The molecule has 4 heteroatoms. The van der Waals surface area contributed by atoms with Gasteiger partial charge in [0.2, 0.25) is 0 Å². The third kappa shape index (κ3) is 3.12. The van der Waals surface area contributed by atoms with Crippen LogP contribution in [0.15, 0.2) is 0 Å². The molecule has 0 spiro atoms. The summed E-state index contributed by atoms with van der Waals surface area (Å²) in [5.74, 6) is 0. The molecule has 2 unspecified atom stereocenters.